The van der Waals surface area contributed by atoms with E-state index in [0.717, 1.165) is 16.5 Å². The number of rotatable bonds is 2. The highest BCUT2D eigenvalue weighted by Gasteiger charge is 1.93. The van der Waals surface area contributed by atoms with Gasteiger partial charge in [0.15, 0.2) is 5.78 Å². The van der Waals surface area contributed by atoms with Gasteiger partial charge in [0.25, 0.3) is 0 Å². The van der Waals surface area contributed by atoms with Gasteiger partial charge in [-0.3, -0.25) is 9.78 Å². The lowest BCUT2D eigenvalue weighted by atomic mass is 10.1. The number of carbonyl (C=O) groups excluding carboxylic acids is 1. The molecule has 0 aliphatic carbocycles. The van der Waals surface area contributed by atoms with Crippen molar-refractivity contribution in [2.24, 2.45) is 0 Å². The molecular weight excluding hydrogens is 186 g/mol. The molecule has 0 N–H and O–H groups in total. The quantitative estimate of drug-likeness (QED) is 0.693. The normalized spacial score (nSPS) is 11.0. The molecule has 1 aromatic carbocycles. The minimum atomic E-state index is 0.0567. The lowest BCUT2D eigenvalue weighted by Gasteiger charge is -1.97. The molecule has 0 atom stereocenters. The number of ketones is 1. The molecule has 0 radical (unpaired) electrons. The highest BCUT2D eigenvalue weighted by atomic mass is 16.1. The zero-order valence-corrected chi connectivity index (χ0v) is 8.47. The number of allylic oxidation sites excluding steroid dienone is 1. The highest BCUT2D eigenvalue weighted by molar-refractivity contribution is 5.92. The van der Waals surface area contributed by atoms with Gasteiger partial charge in [-0.1, -0.05) is 18.2 Å². The van der Waals surface area contributed by atoms with Crippen molar-refractivity contribution in [3.8, 4) is 0 Å². The molecule has 0 saturated carbocycles. The first-order chi connectivity index (χ1) is 7.25. The molecule has 2 aromatic rings. The van der Waals surface area contributed by atoms with Crippen LogP contribution in [-0.2, 0) is 4.79 Å². The van der Waals surface area contributed by atoms with E-state index < -0.39 is 0 Å². The summed E-state index contributed by atoms with van der Waals surface area (Å²) in [6.07, 6.45) is 5.15. The zero-order chi connectivity index (χ0) is 10.7. The summed E-state index contributed by atoms with van der Waals surface area (Å²) in [5.74, 6) is 0.0567. The van der Waals surface area contributed by atoms with Crippen LogP contribution in [0.25, 0.3) is 17.0 Å². The second-order valence-corrected chi connectivity index (χ2v) is 3.40. The van der Waals surface area contributed by atoms with Gasteiger partial charge in [-0.2, -0.15) is 0 Å². The van der Waals surface area contributed by atoms with Crippen molar-refractivity contribution in [3.63, 3.8) is 0 Å². The van der Waals surface area contributed by atoms with E-state index in [1.165, 1.54) is 0 Å². The van der Waals surface area contributed by atoms with Crippen LogP contribution in [0.2, 0.25) is 0 Å². The van der Waals surface area contributed by atoms with Crippen LogP contribution < -0.4 is 0 Å². The second kappa shape index (κ2) is 4.05. The van der Waals surface area contributed by atoms with Gasteiger partial charge in [-0.15, -0.1) is 0 Å². The molecule has 1 heterocycles. The fourth-order valence-corrected chi connectivity index (χ4v) is 1.41. The van der Waals surface area contributed by atoms with Crippen molar-refractivity contribution in [1.82, 2.24) is 4.98 Å². The van der Waals surface area contributed by atoms with Crippen molar-refractivity contribution in [2.45, 2.75) is 6.92 Å². The fraction of sp³-hybridized carbons (Fsp3) is 0.0769. The Bertz CT molecular complexity index is 529. The zero-order valence-electron chi connectivity index (χ0n) is 8.47. The van der Waals surface area contributed by atoms with Gasteiger partial charge in [0.1, 0.15) is 0 Å². The van der Waals surface area contributed by atoms with Crippen molar-refractivity contribution >= 4 is 22.8 Å². The maximum Gasteiger partial charge on any atom is 0.152 e. The Morgan fingerprint density at radius 2 is 2.20 bits per heavy atom. The number of aromatic nitrogens is 1. The molecule has 0 spiro atoms. The summed E-state index contributed by atoms with van der Waals surface area (Å²) >= 11 is 0. The van der Waals surface area contributed by atoms with Crippen molar-refractivity contribution in [3.05, 3.63) is 48.2 Å². The molecule has 15 heavy (non-hydrogen) atoms. The monoisotopic (exact) mass is 197 g/mol. The molecular formula is C13H11NO. The second-order valence-electron chi connectivity index (χ2n) is 3.40. The molecule has 0 bridgehead atoms. The fourth-order valence-electron chi connectivity index (χ4n) is 1.41. The van der Waals surface area contributed by atoms with Gasteiger partial charge >= 0.3 is 0 Å². The molecule has 2 heteroatoms. The molecule has 2 nitrogen and oxygen atoms in total. The van der Waals surface area contributed by atoms with Crippen LogP contribution in [0.1, 0.15) is 12.5 Å². The minimum absolute atomic E-state index is 0.0567. The van der Waals surface area contributed by atoms with E-state index in [0.29, 0.717) is 0 Å². The summed E-state index contributed by atoms with van der Waals surface area (Å²) in [5, 5.41) is 1.09. The maximum absolute atomic E-state index is 10.8. The third-order valence-electron chi connectivity index (χ3n) is 2.14. The lowest BCUT2D eigenvalue weighted by molar-refractivity contribution is -0.112. The van der Waals surface area contributed by atoms with Crippen LogP contribution in [0.3, 0.4) is 0 Å². The van der Waals surface area contributed by atoms with E-state index >= 15 is 0 Å². The number of nitrogens with zero attached hydrogens (tertiary/aromatic N) is 1. The molecule has 2 rings (SSSR count). The van der Waals surface area contributed by atoms with Crippen molar-refractivity contribution in [2.75, 3.05) is 0 Å². The predicted molar refractivity (Wildman–Crippen MR) is 61.5 cm³/mol. The van der Waals surface area contributed by atoms with Crippen molar-refractivity contribution < 1.29 is 4.79 Å². The SMILES string of the molecule is CC(=O)/C=C/c1ccc2ncccc2c1. The van der Waals surface area contributed by atoms with Gasteiger partial charge in [0, 0.05) is 11.6 Å². The average Bonchev–Trinajstić information content (AvgIpc) is 2.26. The standard InChI is InChI=1S/C13H11NO/c1-10(15)4-5-11-6-7-13-12(9-11)3-2-8-14-13/h2-9H,1H3/b5-4+. The first kappa shape index (κ1) is 9.59. The molecule has 1 aromatic heterocycles. The maximum atomic E-state index is 10.8. The Morgan fingerprint density at radius 3 is 3.00 bits per heavy atom. The van der Waals surface area contributed by atoms with E-state index in [9.17, 15) is 4.79 Å². The predicted octanol–water partition coefficient (Wildman–Crippen LogP) is 2.84. The molecule has 0 aliphatic rings. The summed E-state index contributed by atoms with van der Waals surface area (Å²) in [6.45, 7) is 1.54. The van der Waals surface area contributed by atoms with Crippen LogP contribution in [0, 0.1) is 0 Å². The summed E-state index contributed by atoms with van der Waals surface area (Å²) in [7, 11) is 0. The third kappa shape index (κ3) is 2.29. The Labute approximate surface area is 88.3 Å². The number of benzene rings is 1. The number of hydrogen-bond donors (Lipinski definition) is 0. The lowest BCUT2D eigenvalue weighted by Crippen LogP contribution is -1.81. The van der Waals surface area contributed by atoms with E-state index in [1.807, 2.05) is 36.4 Å². The van der Waals surface area contributed by atoms with Crippen LogP contribution >= 0.6 is 0 Å². The largest absolute Gasteiger partial charge is 0.295 e. The van der Waals surface area contributed by atoms with Gasteiger partial charge in [-0.25, -0.2) is 0 Å². The molecule has 74 valence electrons. The summed E-state index contributed by atoms with van der Waals surface area (Å²) in [5.41, 5.74) is 1.99. The van der Waals surface area contributed by atoms with E-state index in [1.54, 1.807) is 19.2 Å². The van der Waals surface area contributed by atoms with Crippen LogP contribution in [-0.4, -0.2) is 10.8 Å². The van der Waals surface area contributed by atoms with Crippen LogP contribution in [0.5, 0.6) is 0 Å². The van der Waals surface area contributed by atoms with E-state index in [4.69, 9.17) is 0 Å². The molecule has 0 saturated heterocycles. The highest BCUT2D eigenvalue weighted by Crippen LogP contribution is 2.14. The van der Waals surface area contributed by atoms with Crippen LogP contribution in [0.4, 0.5) is 0 Å². The Balaban J connectivity index is 2.43. The number of hydrogen-bond acceptors (Lipinski definition) is 2. The molecule has 0 unspecified atom stereocenters. The Morgan fingerprint density at radius 1 is 1.33 bits per heavy atom. The topological polar surface area (TPSA) is 30.0 Å². The van der Waals surface area contributed by atoms with Crippen molar-refractivity contribution in [1.29, 1.82) is 0 Å². The van der Waals surface area contributed by atoms with Gasteiger partial charge < -0.3 is 0 Å². The summed E-state index contributed by atoms with van der Waals surface area (Å²) < 4.78 is 0. The first-order valence-electron chi connectivity index (χ1n) is 4.79. The van der Waals surface area contributed by atoms with E-state index in [-0.39, 0.29) is 5.78 Å². The third-order valence-corrected chi connectivity index (χ3v) is 2.14. The minimum Gasteiger partial charge on any atom is -0.295 e. The number of carbonyl (C=O) groups is 1. The average molecular weight is 197 g/mol. The number of pyridine rings is 1. The molecule has 0 fully saturated rings. The molecule has 0 aliphatic heterocycles. The summed E-state index contributed by atoms with van der Waals surface area (Å²) in [6, 6.07) is 9.83. The number of fused-ring (bicyclic) bond motifs is 1. The van der Waals surface area contributed by atoms with Gasteiger partial charge in [-0.05, 0) is 36.8 Å². The molecule has 0 amide bonds. The first-order valence-corrected chi connectivity index (χ1v) is 4.79. The van der Waals surface area contributed by atoms with Gasteiger partial charge in [0.2, 0.25) is 0 Å². The van der Waals surface area contributed by atoms with Crippen LogP contribution in [0.15, 0.2) is 42.6 Å². The smallest absolute Gasteiger partial charge is 0.152 e. The van der Waals surface area contributed by atoms with Gasteiger partial charge in [0.05, 0.1) is 5.52 Å². The Kier molecular flexibility index (Phi) is 2.59. The summed E-state index contributed by atoms with van der Waals surface area (Å²) in [4.78, 5) is 15.0. The van der Waals surface area contributed by atoms with E-state index in [2.05, 4.69) is 4.98 Å². The Hall–Kier alpha value is -1.96.